The normalized spacial score (nSPS) is 13.6. The highest BCUT2D eigenvalue weighted by Gasteiger charge is 2.33. The van der Waals surface area contributed by atoms with E-state index in [1.807, 2.05) is 0 Å². The summed E-state index contributed by atoms with van der Waals surface area (Å²) in [7, 11) is 1.47. The van der Waals surface area contributed by atoms with Crippen LogP contribution in [0.5, 0.6) is 0 Å². The predicted octanol–water partition coefficient (Wildman–Crippen LogP) is 2.40. The van der Waals surface area contributed by atoms with E-state index in [0.717, 1.165) is 0 Å². The molecule has 158 valence electrons. The molecule has 3 amide bonds. The molecule has 0 spiro atoms. The van der Waals surface area contributed by atoms with Gasteiger partial charge in [0.15, 0.2) is 0 Å². The smallest absolute Gasteiger partial charge is 0.257 e. The SMILES string of the molecule is COCCN(CC(=O)N1CC(=O)N(c2cccc(Cl)c2)C1)C(=O)c1ccccc1F. The van der Waals surface area contributed by atoms with Gasteiger partial charge in [-0.3, -0.25) is 19.3 Å². The number of hydrogen-bond acceptors (Lipinski definition) is 4. The minimum Gasteiger partial charge on any atom is -0.383 e. The summed E-state index contributed by atoms with van der Waals surface area (Å²) in [4.78, 5) is 42.0. The van der Waals surface area contributed by atoms with Gasteiger partial charge in [-0.25, -0.2) is 4.39 Å². The Bertz CT molecular complexity index is 955. The van der Waals surface area contributed by atoms with Crippen molar-refractivity contribution in [2.24, 2.45) is 0 Å². The Morgan fingerprint density at radius 3 is 2.67 bits per heavy atom. The van der Waals surface area contributed by atoms with Crippen LogP contribution in [0.3, 0.4) is 0 Å². The number of halogens is 2. The maximum Gasteiger partial charge on any atom is 0.257 e. The van der Waals surface area contributed by atoms with Crippen LogP contribution in [0.4, 0.5) is 10.1 Å². The summed E-state index contributed by atoms with van der Waals surface area (Å²) < 4.78 is 19.1. The Hall–Kier alpha value is -2.97. The molecule has 0 unspecified atom stereocenters. The zero-order valence-corrected chi connectivity index (χ0v) is 17.1. The van der Waals surface area contributed by atoms with Gasteiger partial charge in [0.2, 0.25) is 11.8 Å². The Morgan fingerprint density at radius 2 is 1.97 bits per heavy atom. The number of benzene rings is 2. The highest BCUT2D eigenvalue weighted by Crippen LogP contribution is 2.23. The molecule has 2 aromatic carbocycles. The number of hydrogen-bond donors (Lipinski definition) is 0. The topological polar surface area (TPSA) is 70.2 Å². The van der Waals surface area contributed by atoms with Crippen molar-refractivity contribution in [1.82, 2.24) is 9.80 Å². The third-order valence-corrected chi connectivity index (χ3v) is 4.93. The van der Waals surface area contributed by atoms with E-state index in [0.29, 0.717) is 10.7 Å². The van der Waals surface area contributed by atoms with Crippen LogP contribution in [0, 0.1) is 5.82 Å². The number of anilines is 1. The molecule has 0 radical (unpaired) electrons. The molecule has 3 rings (SSSR count). The van der Waals surface area contributed by atoms with Crippen LogP contribution in [-0.2, 0) is 14.3 Å². The van der Waals surface area contributed by atoms with Crippen molar-refractivity contribution < 1.29 is 23.5 Å². The van der Waals surface area contributed by atoms with Crippen LogP contribution in [0.2, 0.25) is 5.02 Å². The van der Waals surface area contributed by atoms with Gasteiger partial charge in [0.1, 0.15) is 25.6 Å². The molecule has 0 saturated carbocycles. The van der Waals surface area contributed by atoms with Crippen LogP contribution in [0.15, 0.2) is 48.5 Å². The standard InChI is InChI=1S/C21H21ClFN3O4/c1-30-10-9-24(21(29)17-7-2-3-8-18(17)23)12-19(27)25-13-20(28)26(14-25)16-6-4-5-15(22)11-16/h2-8,11H,9-10,12-14H2,1H3. The quantitative estimate of drug-likeness (QED) is 0.672. The summed E-state index contributed by atoms with van der Waals surface area (Å²) >= 11 is 5.99. The molecule has 1 fully saturated rings. The zero-order valence-electron chi connectivity index (χ0n) is 16.4. The van der Waals surface area contributed by atoms with E-state index in [1.54, 1.807) is 30.3 Å². The Morgan fingerprint density at radius 1 is 1.20 bits per heavy atom. The molecular weight excluding hydrogens is 413 g/mol. The maximum atomic E-state index is 14.0. The molecule has 0 aromatic heterocycles. The van der Waals surface area contributed by atoms with Gasteiger partial charge in [-0.1, -0.05) is 29.8 Å². The molecular formula is C21H21ClFN3O4. The van der Waals surface area contributed by atoms with E-state index >= 15 is 0 Å². The number of carbonyl (C=O) groups is 3. The molecule has 0 aliphatic carbocycles. The van der Waals surface area contributed by atoms with Gasteiger partial charge >= 0.3 is 0 Å². The van der Waals surface area contributed by atoms with Crippen molar-refractivity contribution in [2.45, 2.75) is 0 Å². The first kappa shape index (κ1) is 21.7. The van der Waals surface area contributed by atoms with E-state index in [1.165, 1.54) is 40.0 Å². The molecule has 0 atom stereocenters. The average Bonchev–Trinajstić information content (AvgIpc) is 3.12. The number of rotatable bonds is 7. The lowest BCUT2D eigenvalue weighted by atomic mass is 10.2. The van der Waals surface area contributed by atoms with E-state index in [-0.39, 0.29) is 44.4 Å². The van der Waals surface area contributed by atoms with Crippen LogP contribution < -0.4 is 4.90 Å². The van der Waals surface area contributed by atoms with Crippen LogP contribution >= 0.6 is 11.6 Å². The molecule has 1 saturated heterocycles. The summed E-state index contributed by atoms with van der Waals surface area (Å²) in [5.74, 6) is -1.96. The van der Waals surface area contributed by atoms with E-state index in [4.69, 9.17) is 16.3 Å². The minimum absolute atomic E-state index is 0.0457. The average molecular weight is 434 g/mol. The monoisotopic (exact) mass is 433 g/mol. The molecule has 30 heavy (non-hydrogen) atoms. The number of methoxy groups -OCH3 is 1. The van der Waals surface area contributed by atoms with E-state index < -0.39 is 17.6 Å². The fourth-order valence-electron chi connectivity index (χ4n) is 3.11. The van der Waals surface area contributed by atoms with Crippen LogP contribution in [0.1, 0.15) is 10.4 Å². The van der Waals surface area contributed by atoms with Gasteiger partial charge < -0.3 is 14.5 Å². The molecule has 1 aliphatic heterocycles. The predicted molar refractivity (Wildman–Crippen MR) is 110 cm³/mol. The number of amides is 3. The summed E-state index contributed by atoms with van der Waals surface area (Å²) in [5.41, 5.74) is 0.459. The molecule has 0 N–H and O–H groups in total. The highest BCUT2D eigenvalue weighted by atomic mass is 35.5. The number of nitrogens with zero attached hydrogens (tertiary/aromatic N) is 3. The summed E-state index contributed by atoms with van der Waals surface area (Å²) in [6.45, 7) is -0.0786. The molecule has 7 nitrogen and oxygen atoms in total. The molecule has 2 aromatic rings. The van der Waals surface area contributed by atoms with Gasteiger partial charge in [-0.2, -0.15) is 0 Å². The second kappa shape index (κ2) is 9.69. The summed E-state index contributed by atoms with van der Waals surface area (Å²) in [5, 5.41) is 0.478. The summed E-state index contributed by atoms with van der Waals surface area (Å²) in [6.07, 6.45) is 0. The van der Waals surface area contributed by atoms with Crippen molar-refractivity contribution in [3.05, 3.63) is 64.9 Å². The van der Waals surface area contributed by atoms with Crippen molar-refractivity contribution in [2.75, 3.05) is 44.9 Å². The maximum absolute atomic E-state index is 14.0. The van der Waals surface area contributed by atoms with Gasteiger partial charge in [0.05, 0.1) is 12.2 Å². The number of ether oxygens (including phenoxy) is 1. The zero-order chi connectivity index (χ0) is 21.7. The number of carbonyl (C=O) groups excluding carboxylic acids is 3. The molecule has 0 bridgehead atoms. The van der Waals surface area contributed by atoms with Gasteiger partial charge in [-0.15, -0.1) is 0 Å². The highest BCUT2D eigenvalue weighted by molar-refractivity contribution is 6.31. The fourth-order valence-corrected chi connectivity index (χ4v) is 3.29. The van der Waals surface area contributed by atoms with Crippen molar-refractivity contribution in [3.63, 3.8) is 0 Å². The molecule has 1 heterocycles. The largest absolute Gasteiger partial charge is 0.383 e. The lowest BCUT2D eigenvalue weighted by Gasteiger charge is -2.25. The Balaban J connectivity index is 1.72. The van der Waals surface area contributed by atoms with Crippen LogP contribution in [-0.4, -0.2) is 67.5 Å². The second-order valence-corrected chi connectivity index (χ2v) is 7.17. The third-order valence-electron chi connectivity index (χ3n) is 4.69. The summed E-state index contributed by atoms with van der Waals surface area (Å²) in [6, 6.07) is 12.4. The third kappa shape index (κ3) is 4.95. The lowest BCUT2D eigenvalue weighted by molar-refractivity contribution is -0.132. The first-order valence-electron chi connectivity index (χ1n) is 9.27. The first-order valence-corrected chi connectivity index (χ1v) is 9.65. The van der Waals surface area contributed by atoms with Crippen LogP contribution in [0.25, 0.3) is 0 Å². The minimum atomic E-state index is -0.666. The molecule has 1 aliphatic rings. The fraction of sp³-hybridized carbons (Fsp3) is 0.286. The van der Waals surface area contributed by atoms with Gasteiger partial charge in [-0.05, 0) is 30.3 Å². The van der Waals surface area contributed by atoms with Crippen molar-refractivity contribution >= 4 is 35.0 Å². The van der Waals surface area contributed by atoms with Crippen molar-refractivity contribution in [3.8, 4) is 0 Å². The lowest BCUT2D eigenvalue weighted by Crippen LogP contribution is -2.44. The van der Waals surface area contributed by atoms with Gasteiger partial charge in [0, 0.05) is 24.4 Å². The van der Waals surface area contributed by atoms with E-state index in [2.05, 4.69) is 0 Å². The van der Waals surface area contributed by atoms with Gasteiger partial charge in [0.25, 0.3) is 5.91 Å². The second-order valence-electron chi connectivity index (χ2n) is 6.73. The Kier molecular flexibility index (Phi) is 7.02. The Labute approximate surface area is 178 Å². The van der Waals surface area contributed by atoms with E-state index in [9.17, 15) is 18.8 Å². The van der Waals surface area contributed by atoms with Crippen molar-refractivity contribution in [1.29, 1.82) is 0 Å². The molecule has 9 heteroatoms. The first-order chi connectivity index (χ1) is 14.4.